The van der Waals surface area contributed by atoms with Crippen LogP contribution in [0.3, 0.4) is 0 Å². The van der Waals surface area contributed by atoms with E-state index in [0.29, 0.717) is 5.82 Å². The summed E-state index contributed by atoms with van der Waals surface area (Å²) >= 11 is 0. The molecule has 0 aliphatic rings. The van der Waals surface area contributed by atoms with Gasteiger partial charge in [0.15, 0.2) is 0 Å². The molecule has 1 aromatic heterocycles. The Balaban J connectivity index is 1.85. The van der Waals surface area contributed by atoms with Crippen molar-refractivity contribution < 1.29 is 22.4 Å². The number of hydrogen-bond acceptors (Lipinski definition) is 2. The van der Waals surface area contributed by atoms with Crippen LogP contribution in [0.2, 0.25) is 0 Å². The Bertz CT molecular complexity index is 981. The first kappa shape index (κ1) is 19.6. The van der Waals surface area contributed by atoms with Gasteiger partial charge in [-0.15, -0.1) is 0 Å². The number of nitrogens with one attached hydrogen (secondary N) is 1. The number of carbonyl (C=O) groups is 1. The molecule has 1 unspecified atom stereocenters. The second kappa shape index (κ2) is 7.84. The summed E-state index contributed by atoms with van der Waals surface area (Å²) in [4.78, 5) is 16.7. The number of halogens is 4. The van der Waals surface area contributed by atoms with E-state index in [0.717, 1.165) is 12.1 Å². The van der Waals surface area contributed by atoms with E-state index in [2.05, 4.69) is 10.3 Å². The number of hydrogen-bond donors (Lipinski definition) is 1. The molecule has 3 aromatic rings. The highest BCUT2D eigenvalue weighted by Crippen LogP contribution is 2.30. The van der Waals surface area contributed by atoms with Gasteiger partial charge in [0.2, 0.25) is 5.91 Å². The van der Waals surface area contributed by atoms with Crippen LogP contribution in [0.1, 0.15) is 28.6 Å². The first-order valence-electron chi connectivity index (χ1n) is 8.43. The SMILES string of the molecule is Cn1ccnc1C(NC(=O)Cc1cccc(C(F)(F)F)c1)c1ccccc1F. The summed E-state index contributed by atoms with van der Waals surface area (Å²) in [5.74, 6) is -0.659. The number of nitrogens with zero attached hydrogens (tertiary/aromatic N) is 2. The van der Waals surface area contributed by atoms with Crippen molar-refractivity contribution in [2.45, 2.75) is 18.6 Å². The highest BCUT2D eigenvalue weighted by atomic mass is 19.4. The maximum Gasteiger partial charge on any atom is 0.416 e. The molecule has 3 rings (SSSR count). The number of benzene rings is 2. The largest absolute Gasteiger partial charge is 0.416 e. The smallest absolute Gasteiger partial charge is 0.342 e. The maximum absolute atomic E-state index is 14.3. The zero-order valence-electron chi connectivity index (χ0n) is 14.9. The van der Waals surface area contributed by atoms with Crippen molar-refractivity contribution in [3.63, 3.8) is 0 Å². The number of carbonyl (C=O) groups excluding carboxylic acids is 1. The molecule has 0 bridgehead atoms. The summed E-state index contributed by atoms with van der Waals surface area (Å²) in [5.41, 5.74) is -0.402. The van der Waals surface area contributed by atoms with E-state index in [1.807, 2.05) is 0 Å². The number of aryl methyl sites for hydroxylation is 1. The van der Waals surface area contributed by atoms with Crippen LogP contribution in [0, 0.1) is 5.82 Å². The van der Waals surface area contributed by atoms with Crippen molar-refractivity contribution in [2.75, 3.05) is 0 Å². The fourth-order valence-corrected chi connectivity index (χ4v) is 2.90. The minimum atomic E-state index is -4.49. The number of amides is 1. The molecule has 0 spiro atoms. The van der Waals surface area contributed by atoms with Gasteiger partial charge >= 0.3 is 6.18 Å². The Hall–Kier alpha value is -3.16. The molecule has 0 saturated carbocycles. The van der Waals surface area contributed by atoms with Crippen LogP contribution in [0.5, 0.6) is 0 Å². The quantitative estimate of drug-likeness (QED) is 0.668. The molecular weight excluding hydrogens is 374 g/mol. The normalized spacial score (nSPS) is 12.6. The fraction of sp³-hybridized carbons (Fsp3) is 0.200. The Morgan fingerprint density at radius 2 is 1.93 bits per heavy atom. The first-order chi connectivity index (χ1) is 13.3. The molecule has 1 amide bonds. The number of alkyl halides is 3. The molecule has 0 aliphatic heterocycles. The summed E-state index contributed by atoms with van der Waals surface area (Å²) in [6.07, 6.45) is -1.60. The first-order valence-corrected chi connectivity index (χ1v) is 8.43. The predicted molar refractivity (Wildman–Crippen MR) is 94.7 cm³/mol. The Kier molecular flexibility index (Phi) is 5.48. The molecule has 0 aliphatic carbocycles. The molecule has 28 heavy (non-hydrogen) atoms. The van der Waals surface area contributed by atoms with Crippen LogP contribution >= 0.6 is 0 Å². The average molecular weight is 391 g/mol. The summed E-state index contributed by atoms with van der Waals surface area (Å²) < 4.78 is 54.5. The second-order valence-corrected chi connectivity index (χ2v) is 6.29. The molecule has 0 radical (unpaired) electrons. The van der Waals surface area contributed by atoms with Gasteiger partial charge in [-0.3, -0.25) is 4.79 Å². The van der Waals surface area contributed by atoms with Crippen LogP contribution in [-0.2, 0) is 24.4 Å². The van der Waals surface area contributed by atoms with Gasteiger partial charge < -0.3 is 9.88 Å². The van der Waals surface area contributed by atoms with Crippen LogP contribution in [-0.4, -0.2) is 15.5 Å². The van der Waals surface area contributed by atoms with Gasteiger partial charge in [-0.1, -0.05) is 36.4 Å². The molecule has 0 fully saturated rings. The maximum atomic E-state index is 14.3. The average Bonchev–Trinajstić information content (AvgIpc) is 3.06. The molecule has 8 heteroatoms. The van der Waals surface area contributed by atoms with E-state index in [9.17, 15) is 22.4 Å². The summed E-state index contributed by atoms with van der Waals surface area (Å²) in [6, 6.07) is 9.64. The van der Waals surface area contributed by atoms with Crippen molar-refractivity contribution >= 4 is 5.91 Å². The minimum Gasteiger partial charge on any atom is -0.342 e. The van der Waals surface area contributed by atoms with Crippen LogP contribution in [0.15, 0.2) is 60.9 Å². The van der Waals surface area contributed by atoms with Gasteiger partial charge in [-0.05, 0) is 17.7 Å². The molecule has 146 valence electrons. The Morgan fingerprint density at radius 3 is 2.57 bits per heavy atom. The standard InChI is InChI=1S/C20H17F4N3O/c1-27-10-9-25-19(27)18(15-7-2-3-8-16(15)21)26-17(28)12-13-5-4-6-14(11-13)20(22,23)24/h2-11,18H,12H2,1H3,(H,26,28). The minimum absolute atomic E-state index is 0.208. The van der Waals surface area contributed by atoms with E-state index in [-0.39, 0.29) is 17.5 Å². The number of imidazole rings is 1. The molecule has 4 nitrogen and oxygen atoms in total. The Morgan fingerprint density at radius 1 is 1.18 bits per heavy atom. The van der Waals surface area contributed by atoms with Gasteiger partial charge in [-0.2, -0.15) is 13.2 Å². The molecule has 1 atom stereocenters. The highest BCUT2D eigenvalue weighted by molar-refractivity contribution is 5.79. The lowest BCUT2D eigenvalue weighted by atomic mass is 10.0. The summed E-state index contributed by atoms with van der Waals surface area (Å²) in [5, 5.41) is 2.68. The van der Waals surface area contributed by atoms with E-state index < -0.39 is 29.5 Å². The topological polar surface area (TPSA) is 46.9 Å². The lowest BCUT2D eigenvalue weighted by molar-refractivity contribution is -0.137. The lowest BCUT2D eigenvalue weighted by Crippen LogP contribution is -2.32. The third kappa shape index (κ3) is 4.39. The van der Waals surface area contributed by atoms with Crippen molar-refractivity contribution in [1.29, 1.82) is 0 Å². The molecule has 1 N–H and O–H groups in total. The molecule has 2 aromatic carbocycles. The molecular formula is C20H17F4N3O. The van der Waals surface area contributed by atoms with Gasteiger partial charge in [-0.25, -0.2) is 9.37 Å². The number of rotatable bonds is 5. The fourth-order valence-electron chi connectivity index (χ4n) is 2.90. The van der Waals surface area contributed by atoms with Crippen LogP contribution in [0.25, 0.3) is 0 Å². The van der Waals surface area contributed by atoms with Crippen molar-refractivity contribution in [3.05, 3.63) is 89.3 Å². The summed E-state index contributed by atoms with van der Waals surface area (Å²) in [7, 11) is 1.70. The van der Waals surface area contributed by atoms with Crippen molar-refractivity contribution in [3.8, 4) is 0 Å². The predicted octanol–water partition coefficient (Wildman–Crippen LogP) is 4.03. The van der Waals surface area contributed by atoms with Crippen molar-refractivity contribution in [2.24, 2.45) is 7.05 Å². The van der Waals surface area contributed by atoms with Gasteiger partial charge in [0.1, 0.15) is 17.7 Å². The molecule has 0 saturated heterocycles. The van der Waals surface area contributed by atoms with E-state index in [1.54, 1.807) is 23.9 Å². The number of aromatic nitrogens is 2. The zero-order valence-corrected chi connectivity index (χ0v) is 14.9. The van der Waals surface area contributed by atoms with E-state index in [1.165, 1.54) is 36.5 Å². The third-order valence-electron chi connectivity index (χ3n) is 4.26. The van der Waals surface area contributed by atoms with Gasteiger partial charge in [0.05, 0.1) is 12.0 Å². The van der Waals surface area contributed by atoms with E-state index in [4.69, 9.17) is 0 Å². The van der Waals surface area contributed by atoms with E-state index >= 15 is 0 Å². The van der Waals surface area contributed by atoms with Crippen LogP contribution in [0.4, 0.5) is 17.6 Å². The Labute approximate surface area is 158 Å². The van der Waals surface area contributed by atoms with Crippen molar-refractivity contribution in [1.82, 2.24) is 14.9 Å². The monoisotopic (exact) mass is 391 g/mol. The zero-order chi connectivity index (χ0) is 20.3. The highest BCUT2D eigenvalue weighted by Gasteiger charge is 2.30. The van der Waals surface area contributed by atoms with Gasteiger partial charge in [0, 0.05) is 25.0 Å². The van der Waals surface area contributed by atoms with Crippen LogP contribution < -0.4 is 5.32 Å². The molecule has 1 heterocycles. The van der Waals surface area contributed by atoms with Gasteiger partial charge in [0.25, 0.3) is 0 Å². The second-order valence-electron chi connectivity index (χ2n) is 6.29. The lowest BCUT2D eigenvalue weighted by Gasteiger charge is -2.20. The third-order valence-corrected chi connectivity index (χ3v) is 4.26. The summed E-state index contributed by atoms with van der Waals surface area (Å²) in [6.45, 7) is 0.